The summed E-state index contributed by atoms with van der Waals surface area (Å²) in [5.74, 6) is -2.56. The zero-order valence-electron chi connectivity index (χ0n) is 15.3. The Kier molecular flexibility index (Phi) is 5.09. The number of carbonyl (C=O) groups is 1. The number of nitrogens with zero attached hydrogens (tertiary/aromatic N) is 1. The van der Waals surface area contributed by atoms with Crippen LogP contribution in [0.25, 0.3) is 10.8 Å². The summed E-state index contributed by atoms with van der Waals surface area (Å²) in [7, 11) is 0. The molecule has 0 radical (unpaired) electrons. The first-order valence-corrected chi connectivity index (χ1v) is 9.44. The molecule has 0 bridgehead atoms. The molecule has 5 heteroatoms. The molecule has 1 heterocycles. The lowest BCUT2D eigenvalue weighted by molar-refractivity contribution is -0.143. The third-order valence-corrected chi connectivity index (χ3v) is 5.54. The summed E-state index contributed by atoms with van der Waals surface area (Å²) >= 11 is 0. The van der Waals surface area contributed by atoms with Gasteiger partial charge >= 0.3 is 5.97 Å². The first-order valence-electron chi connectivity index (χ1n) is 9.44. The van der Waals surface area contributed by atoms with Crippen LogP contribution in [-0.4, -0.2) is 29.1 Å². The van der Waals surface area contributed by atoms with Crippen LogP contribution in [0.4, 0.5) is 8.78 Å². The van der Waals surface area contributed by atoms with Crippen LogP contribution in [0.2, 0.25) is 0 Å². The first-order chi connectivity index (χ1) is 13.5. The number of rotatable bonds is 4. The van der Waals surface area contributed by atoms with Crippen molar-refractivity contribution in [2.75, 3.05) is 13.1 Å². The van der Waals surface area contributed by atoms with E-state index in [1.54, 1.807) is 0 Å². The second kappa shape index (κ2) is 7.68. The van der Waals surface area contributed by atoms with Gasteiger partial charge in [-0.05, 0) is 41.8 Å². The maximum absolute atomic E-state index is 14.8. The molecule has 2 unspecified atom stereocenters. The van der Waals surface area contributed by atoms with Gasteiger partial charge in [-0.1, -0.05) is 48.5 Å². The zero-order valence-corrected chi connectivity index (χ0v) is 15.3. The average molecular weight is 381 g/mol. The molecule has 3 aromatic carbocycles. The van der Waals surface area contributed by atoms with Crippen LogP contribution in [0.3, 0.4) is 0 Å². The Morgan fingerprint density at radius 1 is 1.04 bits per heavy atom. The number of halogens is 2. The van der Waals surface area contributed by atoms with Crippen LogP contribution < -0.4 is 0 Å². The third-order valence-electron chi connectivity index (χ3n) is 5.54. The fourth-order valence-corrected chi connectivity index (χ4v) is 4.22. The summed E-state index contributed by atoms with van der Waals surface area (Å²) < 4.78 is 28.4. The summed E-state index contributed by atoms with van der Waals surface area (Å²) in [5, 5.41) is 11.5. The number of carboxylic acids is 1. The smallest absolute Gasteiger partial charge is 0.307 e. The van der Waals surface area contributed by atoms with E-state index in [4.69, 9.17) is 0 Å². The standard InChI is InChI=1S/C23H21F2NO2/c24-17-10-11-20(21(25)13-17)22(26-12-4-7-16(14-26)23(27)28)19-9-3-6-15-5-1-2-8-18(15)19/h1-3,5-6,8-11,13,16,22H,4,7,12,14H2,(H,27,28). The van der Waals surface area contributed by atoms with Crippen LogP contribution >= 0.6 is 0 Å². The second-order valence-electron chi connectivity index (χ2n) is 7.31. The first kappa shape index (κ1) is 18.6. The predicted octanol–water partition coefficient (Wildman–Crippen LogP) is 5.00. The highest BCUT2D eigenvalue weighted by Crippen LogP contribution is 2.37. The highest BCUT2D eigenvalue weighted by molar-refractivity contribution is 5.86. The number of benzene rings is 3. The van der Waals surface area contributed by atoms with E-state index in [1.807, 2.05) is 47.4 Å². The Morgan fingerprint density at radius 3 is 2.61 bits per heavy atom. The van der Waals surface area contributed by atoms with Gasteiger partial charge < -0.3 is 5.11 Å². The molecule has 0 saturated carbocycles. The minimum Gasteiger partial charge on any atom is -0.481 e. The molecule has 1 saturated heterocycles. The zero-order chi connectivity index (χ0) is 19.7. The monoisotopic (exact) mass is 381 g/mol. The molecule has 4 rings (SSSR count). The molecule has 0 aromatic heterocycles. The Bertz CT molecular complexity index is 1020. The number of piperidine rings is 1. The van der Waals surface area contributed by atoms with Crippen LogP contribution in [0.5, 0.6) is 0 Å². The van der Waals surface area contributed by atoms with Gasteiger partial charge in [0.1, 0.15) is 11.6 Å². The number of carboxylic acid groups (broad SMARTS) is 1. The second-order valence-corrected chi connectivity index (χ2v) is 7.31. The Balaban J connectivity index is 1.87. The van der Waals surface area contributed by atoms with Crippen LogP contribution in [0.15, 0.2) is 60.7 Å². The van der Waals surface area contributed by atoms with Crippen LogP contribution in [-0.2, 0) is 4.79 Å². The van der Waals surface area contributed by atoms with Crippen molar-refractivity contribution in [2.45, 2.75) is 18.9 Å². The van der Waals surface area contributed by atoms with E-state index in [1.165, 1.54) is 12.1 Å². The Labute approximate surface area is 162 Å². The van der Waals surface area contributed by atoms with Crippen molar-refractivity contribution in [3.8, 4) is 0 Å². The molecule has 2 atom stereocenters. The Morgan fingerprint density at radius 2 is 1.82 bits per heavy atom. The van der Waals surface area contributed by atoms with Gasteiger partial charge in [0, 0.05) is 18.2 Å². The lowest BCUT2D eigenvalue weighted by atomic mass is 9.89. The van der Waals surface area contributed by atoms with Crippen LogP contribution in [0, 0.1) is 17.6 Å². The normalized spacial score (nSPS) is 18.9. The van der Waals surface area contributed by atoms with Crippen molar-refractivity contribution in [1.29, 1.82) is 0 Å². The fraction of sp³-hybridized carbons (Fsp3) is 0.261. The third kappa shape index (κ3) is 3.50. The largest absolute Gasteiger partial charge is 0.481 e. The SMILES string of the molecule is O=C(O)C1CCCN(C(c2ccc(F)cc2F)c2cccc3ccccc23)C1. The molecule has 0 aliphatic carbocycles. The van der Waals surface area contributed by atoms with Gasteiger partial charge in [-0.25, -0.2) is 8.78 Å². The van der Waals surface area contributed by atoms with E-state index in [-0.39, 0.29) is 0 Å². The van der Waals surface area contributed by atoms with Gasteiger partial charge in [0.2, 0.25) is 0 Å². The maximum atomic E-state index is 14.8. The van der Waals surface area contributed by atoms with Crippen molar-refractivity contribution in [1.82, 2.24) is 4.90 Å². The highest BCUT2D eigenvalue weighted by atomic mass is 19.1. The molecule has 1 fully saturated rings. The van der Waals surface area contributed by atoms with Crippen molar-refractivity contribution in [3.05, 3.63) is 83.4 Å². The molecule has 28 heavy (non-hydrogen) atoms. The van der Waals surface area contributed by atoms with E-state index in [0.29, 0.717) is 25.1 Å². The topological polar surface area (TPSA) is 40.5 Å². The summed E-state index contributed by atoms with van der Waals surface area (Å²) in [4.78, 5) is 13.6. The molecule has 1 aliphatic heterocycles. The number of likely N-dealkylation sites (tertiary alicyclic amines) is 1. The highest BCUT2D eigenvalue weighted by Gasteiger charge is 2.33. The quantitative estimate of drug-likeness (QED) is 0.691. The van der Waals surface area contributed by atoms with Gasteiger partial charge in [0.15, 0.2) is 0 Å². The summed E-state index contributed by atoms with van der Waals surface area (Å²) in [6.07, 6.45) is 1.33. The molecule has 1 N–H and O–H groups in total. The number of hydrogen-bond acceptors (Lipinski definition) is 2. The van der Waals surface area contributed by atoms with E-state index in [2.05, 4.69) is 0 Å². The molecular formula is C23H21F2NO2. The van der Waals surface area contributed by atoms with Gasteiger partial charge in [-0.2, -0.15) is 0 Å². The fourth-order valence-electron chi connectivity index (χ4n) is 4.22. The summed E-state index contributed by atoms with van der Waals surface area (Å²) in [6.45, 7) is 0.995. The van der Waals surface area contributed by atoms with Crippen molar-refractivity contribution in [2.24, 2.45) is 5.92 Å². The molecule has 144 valence electrons. The van der Waals surface area contributed by atoms with Crippen molar-refractivity contribution < 1.29 is 18.7 Å². The van der Waals surface area contributed by atoms with Gasteiger partial charge in [0.25, 0.3) is 0 Å². The van der Waals surface area contributed by atoms with Crippen molar-refractivity contribution >= 4 is 16.7 Å². The molecular weight excluding hydrogens is 360 g/mol. The number of aliphatic carboxylic acids is 1. The van der Waals surface area contributed by atoms with E-state index < -0.39 is 29.6 Å². The summed E-state index contributed by atoms with van der Waals surface area (Å²) in [6, 6.07) is 16.9. The summed E-state index contributed by atoms with van der Waals surface area (Å²) in [5.41, 5.74) is 1.26. The Hall–Kier alpha value is -2.79. The van der Waals surface area contributed by atoms with E-state index in [0.717, 1.165) is 28.8 Å². The van der Waals surface area contributed by atoms with Crippen molar-refractivity contribution in [3.63, 3.8) is 0 Å². The van der Waals surface area contributed by atoms with Crippen LogP contribution in [0.1, 0.15) is 30.0 Å². The lowest BCUT2D eigenvalue weighted by Gasteiger charge is -2.38. The van der Waals surface area contributed by atoms with E-state index in [9.17, 15) is 18.7 Å². The van der Waals surface area contributed by atoms with Gasteiger partial charge in [-0.3, -0.25) is 9.69 Å². The number of hydrogen-bond donors (Lipinski definition) is 1. The minimum atomic E-state index is -0.832. The minimum absolute atomic E-state index is 0.333. The molecule has 3 nitrogen and oxygen atoms in total. The van der Waals surface area contributed by atoms with Gasteiger partial charge in [-0.15, -0.1) is 0 Å². The molecule has 3 aromatic rings. The van der Waals surface area contributed by atoms with E-state index >= 15 is 0 Å². The molecule has 0 spiro atoms. The number of fused-ring (bicyclic) bond motifs is 1. The maximum Gasteiger partial charge on any atom is 0.307 e. The lowest BCUT2D eigenvalue weighted by Crippen LogP contribution is -2.41. The predicted molar refractivity (Wildman–Crippen MR) is 104 cm³/mol. The van der Waals surface area contributed by atoms with Gasteiger partial charge in [0.05, 0.1) is 12.0 Å². The molecule has 1 aliphatic rings. The molecule has 0 amide bonds. The average Bonchev–Trinajstić information content (AvgIpc) is 2.70.